The number of rotatable bonds is 2. The Balaban J connectivity index is 1.60. The lowest BCUT2D eigenvalue weighted by atomic mass is 9.78. The van der Waals surface area contributed by atoms with E-state index in [2.05, 4.69) is 59.9 Å². The Labute approximate surface area is 192 Å². The van der Waals surface area contributed by atoms with Gasteiger partial charge in [-0.25, -0.2) is 4.79 Å². The van der Waals surface area contributed by atoms with E-state index in [0.717, 1.165) is 51.4 Å². The molecule has 2 amide bonds. The van der Waals surface area contributed by atoms with Crippen LogP contribution < -0.4 is 11.1 Å². The third kappa shape index (κ3) is 3.14. The first kappa shape index (κ1) is 19.8. The number of anilines is 1. The second kappa shape index (κ2) is 7.61. The molecule has 2 aliphatic rings. The SMILES string of the molecule is NC(=O)Nc1c(-c2cccc3c4c(ccc23)C2=C(CC4)C(O)CC=C2)ccc2ccccc12. The van der Waals surface area contributed by atoms with Crippen LogP contribution in [0.3, 0.4) is 0 Å². The minimum absolute atomic E-state index is 0.375. The molecule has 4 aromatic rings. The van der Waals surface area contributed by atoms with Gasteiger partial charge in [0.15, 0.2) is 0 Å². The van der Waals surface area contributed by atoms with Crippen molar-refractivity contribution in [1.29, 1.82) is 0 Å². The molecule has 2 aliphatic carbocycles. The number of aliphatic hydroxyl groups excluding tert-OH is 1. The van der Waals surface area contributed by atoms with Gasteiger partial charge in [-0.2, -0.15) is 0 Å². The van der Waals surface area contributed by atoms with Crippen LogP contribution in [0, 0.1) is 0 Å². The maximum Gasteiger partial charge on any atom is 0.316 e. The second-order valence-electron chi connectivity index (χ2n) is 8.78. The van der Waals surface area contributed by atoms with E-state index in [0.29, 0.717) is 6.42 Å². The van der Waals surface area contributed by atoms with Crippen molar-refractivity contribution in [2.75, 3.05) is 5.32 Å². The number of nitrogens with two attached hydrogens (primary N) is 1. The zero-order chi connectivity index (χ0) is 22.5. The van der Waals surface area contributed by atoms with Gasteiger partial charge in [0.1, 0.15) is 0 Å². The lowest BCUT2D eigenvalue weighted by molar-refractivity contribution is 0.209. The van der Waals surface area contributed by atoms with Gasteiger partial charge in [0.05, 0.1) is 11.8 Å². The number of carbonyl (C=O) groups excluding carboxylic acids is 1. The predicted octanol–water partition coefficient (Wildman–Crippen LogP) is 6.17. The third-order valence-corrected chi connectivity index (χ3v) is 6.97. The second-order valence-corrected chi connectivity index (χ2v) is 8.78. The smallest absolute Gasteiger partial charge is 0.316 e. The van der Waals surface area contributed by atoms with Crippen LogP contribution >= 0.6 is 0 Å². The summed E-state index contributed by atoms with van der Waals surface area (Å²) in [5, 5.41) is 17.7. The number of aryl methyl sites for hydroxylation is 1. The molecule has 4 nitrogen and oxygen atoms in total. The average molecular weight is 433 g/mol. The Hall–Kier alpha value is -3.89. The van der Waals surface area contributed by atoms with E-state index in [-0.39, 0.29) is 6.10 Å². The highest BCUT2D eigenvalue weighted by Gasteiger charge is 2.26. The van der Waals surface area contributed by atoms with Crippen molar-refractivity contribution in [1.82, 2.24) is 0 Å². The number of hydrogen-bond acceptors (Lipinski definition) is 2. The third-order valence-electron chi connectivity index (χ3n) is 6.97. The van der Waals surface area contributed by atoms with Crippen LogP contribution in [-0.4, -0.2) is 17.2 Å². The number of amides is 2. The fourth-order valence-corrected chi connectivity index (χ4v) is 5.50. The minimum atomic E-state index is -0.577. The highest BCUT2D eigenvalue weighted by atomic mass is 16.3. The van der Waals surface area contributed by atoms with Gasteiger partial charge >= 0.3 is 6.03 Å². The molecule has 0 saturated heterocycles. The van der Waals surface area contributed by atoms with Crippen molar-refractivity contribution in [2.24, 2.45) is 5.73 Å². The molecule has 0 aliphatic heterocycles. The highest BCUT2D eigenvalue weighted by molar-refractivity contribution is 6.11. The summed E-state index contributed by atoms with van der Waals surface area (Å²) in [7, 11) is 0. The highest BCUT2D eigenvalue weighted by Crippen LogP contribution is 2.43. The van der Waals surface area contributed by atoms with Gasteiger partial charge in [0, 0.05) is 10.9 Å². The molecule has 0 aromatic heterocycles. The molecule has 0 heterocycles. The van der Waals surface area contributed by atoms with Crippen molar-refractivity contribution in [2.45, 2.75) is 25.4 Å². The van der Waals surface area contributed by atoms with Crippen LogP contribution in [0.25, 0.3) is 38.2 Å². The summed E-state index contributed by atoms with van der Waals surface area (Å²) in [5.74, 6) is 0. The van der Waals surface area contributed by atoms with Crippen LogP contribution in [0.1, 0.15) is 24.0 Å². The molecule has 6 rings (SSSR count). The molecule has 4 heteroatoms. The molecular weight excluding hydrogens is 408 g/mol. The number of nitrogens with one attached hydrogen (secondary N) is 1. The van der Waals surface area contributed by atoms with E-state index in [1.54, 1.807) is 0 Å². The van der Waals surface area contributed by atoms with Gasteiger partial charge in [0.25, 0.3) is 0 Å². The monoisotopic (exact) mass is 432 g/mol. The first-order chi connectivity index (χ1) is 16.1. The minimum Gasteiger partial charge on any atom is -0.388 e. The van der Waals surface area contributed by atoms with E-state index < -0.39 is 6.03 Å². The molecule has 162 valence electrons. The summed E-state index contributed by atoms with van der Waals surface area (Å²) in [4.78, 5) is 11.9. The first-order valence-corrected chi connectivity index (χ1v) is 11.3. The van der Waals surface area contributed by atoms with Gasteiger partial charge in [-0.05, 0) is 63.3 Å². The van der Waals surface area contributed by atoms with E-state index in [1.165, 1.54) is 22.1 Å². The van der Waals surface area contributed by atoms with Gasteiger partial charge in [0.2, 0.25) is 0 Å². The number of hydrogen-bond donors (Lipinski definition) is 3. The number of benzene rings is 4. The van der Waals surface area contributed by atoms with Crippen LogP contribution in [0.2, 0.25) is 0 Å². The van der Waals surface area contributed by atoms with E-state index >= 15 is 0 Å². The zero-order valence-corrected chi connectivity index (χ0v) is 18.1. The first-order valence-electron chi connectivity index (χ1n) is 11.3. The van der Waals surface area contributed by atoms with Crippen LogP contribution in [-0.2, 0) is 6.42 Å². The van der Waals surface area contributed by atoms with Crippen molar-refractivity contribution in [3.63, 3.8) is 0 Å². The van der Waals surface area contributed by atoms with Gasteiger partial charge in [-0.15, -0.1) is 0 Å². The average Bonchev–Trinajstić information content (AvgIpc) is 2.83. The lowest BCUT2D eigenvalue weighted by Crippen LogP contribution is -2.20. The lowest BCUT2D eigenvalue weighted by Gasteiger charge is -2.28. The summed E-state index contributed by atoms with van der Waals surface area (Å²) in [6, 6.07) is 22.3. The van der Waals surface area contributed by atoms with Crippen LogP contribution in [0.4, 0.5) is 10.5 Å². The van der Waals surface area contributed by atoms with Gasteiger partial charge in [-0.3, -0.25) is 0 Å². The Morgan fingerprint density at radius 2 is 1.67 bits per heavy atom. The molecule has 0 saturated carbocycles. The normalized spacial score (nSPS) is 17.2. The Bertz CT molecular complexity index is 1510. The molecule has 33 heavy (non-hydrogen) atoms. The van der Waals surface area contributed by atoms with E-state index in [4.69, 9.17) is 5.73 Å². The van der Waals surface area contributed by atoms with Gasteiger partial charge < -0.3 is 16.2 Å². The molecular formula is C29H24N2O2. The Kier molecular flexibility index (Phi) is 4.56. The summed E-state index contributed by atoms with van der Waals surface area (Å²) in [6.07, 6.45) is 6.33. The summed E-state index contributed by atoms with van der Waals surface area (Å²) < 4.78 is 0. The van der Waals surface area contributed by atoms with Crippen molar-refractivity contribution < 1.29 is 9.90 Å². The zero-order valence-electron chi connectivity index (χ0n) is 18.1. The Morgan fingerprint density at radius 1 is 0.848 bits per heavy atom. The fraction of sp³-hybridized carbons (Fsp3) is 0.138. The predicted molar refractivity (Wildman–Crippen MR) is 135 cm³/mol. The topological polar surface area (TPSA) is 75.4 Å². The molecule has 1 unspecified atom stereocenters. The van der Waals surface area contributed by atoms with Gasteiger partial charge in [-0.1, -0.05) is 78.9 Å². The quantitative estimate of drug-likeness (QED) is 0.354. The maximum atomic E-state index is 11.9. The molecule has 0 spiro atoms. The van der Waals surface area contributed by atoms with Crippen LogP contribution in [0.15, 0.2) is 84.5 Å². The van der Waals surface area contributed by atoms with Crippen molar-refractivity contribution >= 4 is 38.8 Å². The number of carbonyl (C=O) groups is 1. The van der Waals surface area contributed by atoms with Crippen molar-refractivity contribution in [3.05, 3.63) is 95.6 Å². The van der Waals surface area contributed by atoms with E-state index in [1.807, 2.05) is 24.3 Å². The summed E-state index contributed by atoms with van der Waals surface area (Å²) in [6.45, 7) is 0. The van der Waals surface area contributed by atoms with E-state index in [9.17, 15) is 9.90 Å². The number of aliphatic hydroxyl groups is 1. The maximum absolute atomic E-state index is 11.9. The standard InChI is InChI=1S/C29H24N2O2/c30-29(33)31-28-18-6-2-1-5-17(18)11-12-26(28)21-8-3-7-19-22(21)13-14-24-20-9-4-10-27(32)25(20)16-15-23(19)24/h1-9,11-14,27,32H,10,15-16H2,(H3,30,31,33). The molecule has 1 atom stereocenters. The van der Waals surface area contributed by atoms with Crippen LogP contribution in [0.5, 0.6) is 0 Å². The molecule has 0 fully saturated rings. The number of urea groups is 1. The molecule has 4 aromatic carbocycles. The fourth-order valence-electron chi connectivity index (χ4n) is 5.50. The summed E-state index contributed by atoms with van der Waals surface area (Å²) in [5.41, 5.74) is 13.1. The number of allylic oxidation sites excluding steroid dienone is 2. The number of primary amides is 1. The molecule has 0 radical (unpaired) electrons. The number of fused-ring (bicyclic) bond motifs is 5. The largest absolute Gasteiger partial charge is 0.388 e. The molecule has 0 bridgehead atoms. The van der Waals surface area contributed by atoms with Crippen molar-refractivity contribution in [3.8, 4) is 11.1 Å². The summed E-state index contributed by atoms with van der Waals surface area (Å²) >= 11 is 0. The Morgan fingerprint density at radius 3 is 2.55 bits per heavy atom. The molecule has 4 N–H and O–H groups in total.